The van der Waals surface area contributed by atoms with Crippen molar-refractivity contribution in [1.82, 2.24) is 10.6 Å². The van der Waals surface area contributed by atoms with Gasteiger partial charge in [0.05, 0.1) is 0 Å². The highest BCUT2D eigenvalue weighted by Gasteiger charge is 2.34. The fraction of sp³-hybridized carbons (Fsp3) is 0.706. The van der Waals surface area contributed by atoms with Crippen LogP contribution >= 0.6 is 35.3 Å². The Morgan fingerprint density at radius 1 is 1.30 bits per heavy atom. The van der Waals surface area contributed by atoms with E-state index in [1.165, 1.54) is 37.0 Å². The maximum atomic E-state index is 5.08. The lowest BCUT2D eigenvalue weighted by molar-refractivity contribution is 0.195. The van der Waals surface area contributed by atoms with Crippen LogP contribution in [0.5, 0.6) is 0 Å². The van der Waals surface area contributed by atoms with E-state index in [9.17, 15) is 0 Å². The molecule has 1 aliphatic rings. The molecule has 0 aromatic carbocycles. The van der Waals surface area contributed by atoms with Crippen molar-refractivity contribution in [2.75, 3.05) is 33.9 Å². The highest BCUT2D eigenvalue weighted by Crippen LogP contribution is 2.40. The Hall–Kier alpha value is -0.340. The second-order valence-corrected chi connectivity index (χ2v) is 6.96. The number of aliphatic imine (C=N–C) groups is 1. The molecule has 1 saturated carbocycles. The highest BCUT2D eigenvalue weighted by atomic mass is 127. The summed E-state index contributed by atoms with van der Waals surface area (Å²) in [6.45, 7) is 2.64. The van der Waals surface area contributed by atoms with Crippen LogP contribution in [0.4, 0.5) is 0 Å². The fourth-order valence-electron chi connectivity index (χ4n) is 3.22. The van der Waals surface area contributed by atoms with Gasteiger partial charge in [0.15, 0.2) is 5.96 Å². The van der Waals surface area contributed by atoms with Gasteiger partial charge < -0.3 is 15.4 Å². The SMILES string of the molecule is CN=C(NCCCOC)NCC1(c2cccs2)CCCCC1.I. The lowest BCUT2D eigenvalue weighted by atomic mass is 9.73. The van der Waals surface area contributed by atoms with Gasteiger partial charge in [0.2, 0.25) is 0 Å². The second kappa shape index (κ2) is 11.3. The van der Waals surface area contributed by atoms with E-state index < -0.39 is 0 Å². The molecule has 0 atom stereocenters. The molecule has 0 unspecified atom stereocenters. The monoisotopic (exact) mass is 451 g/mol. The van der Waals surface area contributed by atoms with E-state index in [0.717, 1.165) is 32.1 Å². The number of guanidine groups is 1. The number of nitrogens with one attached hydrogen (secondary N) is 2. The minimum atomic E-state index is 0. The minimum absolute atomic E-state index is 0. The summed E-state index contributed by atoms with van der Waals surface area (Å²) < 4.78 is 5.08. The summed E-state index contributed by atoms with van der Waals surface area (Å²) in [5.41, 5.74) is 0.288. The lowest BCUT2D eigenvalue weighted by Crippen LogP contribution is -2.46. The Balaban J connectivity index is 0.00000264. The van der Waals surface area contributed by atoms with Crippen LogP contribution in [0.25, 0.3) is 0 Å². The van der Waals surface area contributed by atoms with Crippen molar-refractivity contribution in [3.05, 3.63) is 22.4 Å². The first kappa shape index (κ1) is 20.7. The van der Waals surface area contributed by atoms with Crippen molar-refractivity contribution in [2.24, 2.45) is 4.99 Å². The molecular weight excluding hydrogens is 421 g/mol. The van der Waals surface area contributed by atoms with Gasteiger partial charge in [0.25, 0.3) is 0 Å². The van der Waals surface area contributed by atoms with Crippen molar-refractivity contribution >= 4 is 41.3 Å². The normalized spacial score (nSPS) is 17.4. The smallest absolute Gasteiger partial charge is 0.191 e. The molecule has 0 saturated heterocycles. The molecule has 4 nitrogen and oxygen atoms in total. The van der Waals surface area contributed by atoms with Crippen LogP contribution in [0, 0.1) is 0 Å². The first-order valence-electron chi connectivity index (χ1n) is 8.28. The Morgan fingerprint density at radius 2 is 2.09 bits per heavy atom. The number of hydrogen-bond donors (Lipinski definition) is 2. The highest BCUT2D eigenvalue weighted by molar-refractivity contribution is 14.0. The summed E-state index contributed by atoms with van der Waals surface area (Å²) in [5.74, 6) is 0.901. The number of thiophene rings is 1. The molecule has 1 aliphatic carbocycles. The van der Waals surface area contributed by atoms with Gasteiger partial charge in [-0.15, -0.1) is 35.3 Å². The summed E-state index contributed by atoms with van der Waals surface area (Å²) in [6, 6.07) is 4.47. The van der Waals surface area contributed by atoms with Crippen LogP contribution in [0.1, 0.15) is 43.4 Å². The zero-order chi connectivity index (χ0) is 15.7. The van der Waals surface area contributed by atoms with E-state index in [2.05, 4.69) is 33.1 Å². The van der Waals surface area contributed by atoms with E-state index in [1.54, 1.807) is 7.11 Å². The van der Waals surface area contributed by atoms with Crippen molar-refractivity contribution < 1.29 is 4.74 Å². The number of ether oxygens (including phenoxy) is 1. The van der Waals surface area contributed by atoms with Crippen molar-refractivity contribution in [2.45, 2.75) is 43.9 Å². The Bertz CT molecular complexity index is 445. The first-order valence-corrected chi connectivity index (χ1v) is 9.16. The predicted octanol–water partition coefficient (Wildman–Crippen LogP) is 3.77. The largest absolute Gasteiger partial charge is 0.385 e. The topological polar surface area (TPSA) is 45.7 Å². The van der Waals surface area contributed by atoms with E-state index in [0.29, 0.717) is 0 Å². The summed E-state index contributed by atoms with van der Waals surface area (Å²) in [4.78, 5) is 5.86. The van der Waals surface area contributed by atoms with Gasteiger partial charge in [-0.2, -0.15) is 0 Å². The average Bonchev–Trinajstić information content (AvgIpc) is 3.10. The third-order valence-electron chi connectivity index (χ3n) is 4.49. The Morgan fingerprint density at radius 3 is 2.70 bits per heavy atom. The first-order chi connectivity index (χ1) is 10.8. The maximum Gasteiger partial charge on any atom is 0.191 e. The number of rotatable bonds is 7. The van der Waals surface area contributed by atoms with Crippen LogP contribution in [0.15, 0.2) is 22.5 Å². The van der Waals surface area contributed by atoms with Crippen molar-refractivity contribution in [3.8, 4) is 0 Å². The summed E-state index contributed by atoms with van der Waals surface area (Å²) in [5, 5.41) is 9.12. The molecule has 2 rings (SSSR count). The average molecular weight is 451 g/mol. The van der Waals surface area contributed by atoms with Crippen LogP contribution in [0.2, 0.25) is 0 Å². The van der Waals surface area contributed by atoms with Crippen LogP contribution < -0.4 is 10.6 Å². The van der Waals surface area contributed by atoms with E-state index in [1.807, 2.05) is 18.4 Å². The van der Waals surface area contributed by atoms with Gasteiger partial charge in [0.1, 0.15) is 0 Å². The number of methoxy groups -OCH3 is 1. The summed E-state index contributed by atoms with van der Waals surface area (Å²) in [7, 11) is 3.57. The molecular formula is C17H30IN3OS. The van der Waals surface area contributed by atoms with Gasteiger partial charge in [-0.3, -0.25) is 4.99 Å². The molecule has 23 heavy (non-hydrogen) atoms. The Labute approximate surface area is 161 Å². The molecule has 1 aromatic rings. The van der Waals surface area contributed by atoms with Gasteiger partial charge >= 0.3 is 0 Å². The van der Waals surface area contributed by atoms with Crippen molar-refractivity contribution in [1.29, 1.82) is 0 Å². The zero-order valence-electron chi connectivity index (χ0n) is 14.3. The zero-order valence-corrected chi connectivity index (χ0v) is 17.4. The van der Waals surface area contributed by atoms with Gasteiger partial charge in [-0.25, -0.2) is 0 Å². The van der Waals surface area contributed by atoms with Gasteiger partial charge in [-0.05, 0) is 30.7 Å². The molecule has 2 N–H and O–H groups in total. The summed E-state index contributed by atoms with van der Waals surface area (Å²) >= 11 is 1.90. The molecule has 132 valence electrons. The minimum Gasteiger partial charge on any atom is -0.385 e. The quantitative estimate of drug-likeness (QED) is 0.287. The summed E-state index contributed by atoms with van der Waals surface area (Å²) in [6.07, 6.45) is 7.59. The lowest BCUT2D eigenvalue weighted by Gasteiger charge is -2.37. The molecule has 6 heteroatoms. The molecule has 1 fully saturated rings. The van der Waals surface area contributed by atoms with Crippen LogP contribution in [-0.2, 0) is 10.2 Å². The Kier molecular flexibility index (Phi) is 10.1. The molecule has 1 aromatic heterocycles. The van der Waals surface area contributed by atoms with E-state index >= 15 is 0 Å². The third-order valence-corrected chi connectivity index (χ3v) is 5.61. The molecule has 0 aliphatic heterocycles. The third kappa shape index (κ3) is 6.23. The van der Waals surface area contributed by atoms with Gasteiger partial charge in [-0.1, -0.05) is 25.3 Å². The predicted molar refractivity (Wildman–Crippen MR) is 110 cm³/mol. The number of hydrogen-bond acceptors (Lipinski definition) is 3. The molecule has 0 bridgehead atoms. The number of halogens is 1. The molecule has 0 spiro atoms. The van der Waals surface area contributed by atoms with Crippen LogP contribution in [-0.4, -0.2) is 39.8 Å². The van der Waals surface area contributed by atoms with E-state index in [4.69, 9.17) is 4.74 Å². The standard InChI is InChI=1S/C17H29N3OS.HI/c1-18-16(19-11-7-12-21-2)20-14-17(9-4-3-5-10-17)15-8-6-13-22-15;/h6,8,13H,3-5,7,9-12,14H2,1-2H3,(H2,18,19,20);1H. The number of nitrogens with zero attached hydrogens (tertiary/aromatic N) is 1. The van der Waals surface area contributed by atoms with E-state index in [-0.39, 0.29) is 29.4 Å². The molecule has 0 radical (unpaired) electrons. The second-order valence-electron chi connectivity index (χ2n) is 6.02. The van der Waals surface area contributed by atoms with Crippen molar-refractivity contribution in [3.63, 3.8) is 0 Å². The van der Waals surface area contributed by atoms with Gasteiger partial charge in [0, 0.05) is 44.1 Å². The molecule has 0 amide bonds. The van der Waals surface area contributed by atoms with Crippen LogP contribution in [0.3, 0.4) is 0 Å². The molecule has 1 heterocycles. The maximum absolute atomic E-state index is 5.08. The fourth-order valence-corrected chi connectivity index (χ4v) is 4.20.